The number of nitrogens with zero attached hydrogens (tertiary/aromatic N) is 1. The largest absolute Gasteiger partial charge is 0.396 e. The lowest BCUT2D eigenvalue weighted by Crippen LogP contribution is -1.84. The first-order valence-electron chi connectivity index (χ1n) is 4.03. The summed E-state index contributed by atoms with van der Waals surface area (Å²) in [6, 6.07) is 7.91. The van der Waals surface area contributed by atoms with Crippen LogP contribution in [-0.4, -0.2) is 0 Å². The van der Waals surface area contributed by atoms with Crippen LogP contribution in [0.3, 0.4) is 0 Å². The summed E-state index contributed by atoms with van der Waals surface area (Å²) in [4.78, 5) is 0.576. The number of alkyl halides is 1. The summed E-state index contributed by atoms with van der Waals surface area (Å²) in [6.45, 7) is 0. The van der Waals surface area contributed by atoms with Gasteiger partial charge in [0, 0.05) is 16.0 Å². The Hall–Kier alpha value is -1.24. The molecular weight excluding hydrogens is 216 g/mol. The molecule has 0 aliphatic heterocycles. The molecule has 0 radical (unpaired) electrons. The molecule has 2 N–H and O–H groups in total. The van der Waals surface area contributed by atoms with Gasteiger partial charge in [-0.2, -0.15) is 5.26 Å². The number of thiophene rings is 1. The molecule has 1 heterocycles. The number of nitriles is 1. The van der Waals surface area contributed by atoms with Gasteiger partial charge in [-0.25, -0.2) is 0 Å². The second-order valence-corrected chi connectivity index (χ2v) is 4.24. The minimum atomic E-state index is 0.482. The Labute approximate surface area is 90.5 Å². The summed E-state index contributed by atoms with van der Waals surface area (Å²) in [5, 5.41) is 9.75. The number of hydrogen-bond acceptors (Lipinski definition) is 3. The zero-order chi connectivity index (χ0) is 10.1. The van der Waals surface area contributed by atoms with Gasteiger partial charge in [0.15, 0.2) is 0 Å². The number of halogens is 1. The van der Waals surface area contributed by atoms with Gasteiger partial charge in [0.25, 0.3) is 0 Å². The second-order valence-electron chi connectivity index (χ2n) is 2.92. The molecule has 0 atom stereocenters. The first-order chi connectivity index (χ1) is 6.76. The smallest absolute Gasteiger partial charge is 0.129 e. The van der Waals surface area contributed by atoms with Gasteiger partial charge in [-0.15, -0.1) is 22.9 Å². The van der Waals surface area contributed by atoms with E-state index in [9.17, 15) is 0 Å². The summed E-state index contributed by atoms with van der Waals surface area (Å²) in [7, 11) is 0. The lowest BCUT2D eigenvalue weighted by Gasteiger charge is -1.95. The van der Waals surface area contributed by atoms with Gasteiger partial charge >= 0.3 is 0 Å². The van der Waals surface area contributed by atoms with Gasteiger partial charge < -0.3 is 5.73 Å². The molecule has 0 bridgehead atoms. The van der Waals surface area contributed by atoms with Crippen molar-refractivity contribution in [2.75, 3.05) is 5.73 Å². The number of hydrogen-bond donors (Lipinski definition) is 1. The Bertz CT molecular complexity index is 525. The highest BCUT2D eigenvalue weighted by molar-refractivity contribution is 7.20. The zero-order valence-electron chi connectivity index (χ0n) is 7.25. The molecule has 0 unspecified atom stereocenters. The maximum Gasteiger partial charge on any atom is 0.129 e. The normalized spacial score (nSPS) is 10.3. The monoisotopic (exact) mass is 222 g/mol. The summed E-state index contributed by atoms with van der Waals surface area (Å²) in [5.41, 5.74) is 7.42. The van der Waals surface area contributed by atoms with E-state index in [0.29, 0.717) is 16.4 Å². The quantitative estimate of drug-likeness (QED) is 0.754. The zero-order valence-corrected chi connectivity index (χ0v) is 8.82. The van der Waals surface area contributed by atoms with Gasteiger partial charge in [-0.1, -0.05) is 12.1 Å². The van der Waals surface area contributed by atoms with Crippen LogP contribution >= 0.6 is 22.9 Å². The van der Waals surface area contributed by atoms with Crippen molar-refractivity contribution in [3.05, 3.63) is 28.6 Å². The molecule has 0 saturated carbocycles. The van der Waals surface area contributed by atoms with E-state index in [1.807, 2.05) is 18.2 Å². The Morgan fingerprint density at radius 1 is 1.50 bits per heavy atom. The van der Waals surface area contributed by atoms with E-state index in [1.54, 1.807) is 0 Å². The molecule has 14 heavy (non-hydrogen) atoms. The fraction of sp³-hybridized carbons (Fsp3) is 0.100. The minimum absolute atomic E-state index is 0.482. The number of nitrogens with two attached hydrogens (primary N) is 1. The van der Waals surface area contributed by atoms with Gasteiger partial charge in [-0.05, 0) is 11.6 Å². The van der Waals surface area contributed by atoms with Gasteiger partial charge in [-0.3, -0.25) is 0 Å². The van der Waals surface area contributed by atoms with E-state index in [4.69, 9.17) is 22.6 Å². The topological polar surface area (TPSA) is 49.8 Å². The first kappa shape index (κ1) is 9.32. The fourth-order valence-electron chi connectivity index (χ4n) is 1.33. The Balaban J connectivity index is 2.74. The van der Waals surface area contributed by atoms with Gasteiger partial charge in [0.2, 0.25) is 0 Å². The number of rotatable bonds is 1. The van der Waals surface area contributed by atoms with Crippen molar-refractivity contribution in [1.82, 2.24) is 0 Å². The second kappa shape index (κ2) is 3.49. The lowest BCUT2D eigenvalue weighted by molar-refractivity contribution is 1.43. The van der Waals surface area contributed by atoms with Crippen LogP contribution in [0.4, 0.5) is 5.69 Å². The maximum absolute atomic E-state index is 8.80. The Morgan fingerprint density at radius 3 is 2.93 bits per heavy atom. The van der Waals surface area contributed by atoms with Crippen molar-refractivity contribution in [1.29, 1.82) is 5.26 Å². The van der Waals surface area contributed by atoms with Crippen LogP contribution in [0.2, 0.25) is 0 Å². The van der Waals surface area contributed by atoms with Crippen molar-refractivity contribution in [3.63, 3.8) is 0 Å². The molecule has 0 amide bonds. The molecule has 0 saturated heterocycles. The molecule has 1 aromatic heterocycles. The number of anilines is 1. The highest BCUT2D eigenvalue weighted by atomic mass is 35.5. The Morgan fingerprint density at radius 2 is 2.29 bits per heavy atom. The summed E-state index contributed by atoms with van der Waals surface area (Å²) in [6.07, 6.45) is 0. The average Bonchev–Trinajstić information content (AvgIpc) is 2.55. The highest BCUT2D eigenvalue weighted by Gasteiger charge is 2.08. The molecule has 0 aliphatic rings. The van der Waals surface area contributed by atoms with Crippen molar-refractivity contribution in [2.24, 2.45) is 0 Å². The van der Waals surface area contributed by atoms with E-state index in [2.05, 4.69) is 6.07 Å². The average molecular weight is 223 g/mol. The molecule has 2 aromatic rings. The molecule has 0 fully saturated rings. The first-order valence-corrected chi connectivity index (χ1v) is 5.38. The molecule has 4 heteroatoms. The fourth-order valence-corrected chi connectivity index (χ4v) is 2.48. The van der Waals surface area contributed by atoms with Crippen molar-refractivity contribution >= 4 is 38.7 Å². The van der Waals surface area contributed by atoms with Crippen LogP contribution in [0.25, 0.3) is 10.1 Å². The third-order valence-electron chi connectivity index (χ3n) is 2.05. The third kappa shape index (κ3) is 1.33. The van der Waals surface area contributed by atoms with Gasteiger partial charge in [0.05, 0.1) is 5.69 Å². The number of nitrogen functional groups attached to an aromatic ring is 1. The van der Waals surface area contributed by atoms with Crippen molar-refractivity contribution < 1.29 is 0 Å². The minimum Gasteiger partial charge on any atom is -0.396 e. The van der Waals surface area contributed by atoms with Crippen LogP contribution in [0, 0.1) is 11.3 Å². The Kier molecular flexibility index (Phi) is 2.32. The predicted octanol–water partition coefficient (Wildman–Crippen LogP) is 3.09. The molecule has 0 spiro atoms. The van der Waals surface area contributed by atoms with Crippen LogP contribution in [-0.2, 0) is 5.88 Å². The summed E-state index contributed by atoms with van der Waals surface area (Å²) < 4.78 is 1.03. The summed E-state index contributed by atoms with van der Waals surface area (Å²) >= 11 is 7.12. The third-order valence-corrected chi connectivity index (χ3v) is 3.43. The predicted molar refractivity (Wildman–Crippen MR) is 60.5 cm³/mol. The van der Waals surface area contributed by atoms with Crippen molar-refractivity contribution in [3.8, 4) is 6.07 Å². The van der Waals surface area contributed by atoms with Crippen LogP contribution in [0.1, 0.15) is 10.4 Å². The van der Waals surface area contributed by atoms with E-state index >= 15 is 0 Å². The highest BCUT2D eigenvalue weighted by Crippen LogP contribution is 2.33. The molecule has 0 aliphatic carbocycles. The number of benzene rings is 1. The maximum atomic E-state index is 8.80. The van der Waals surface area contributed by atoms with E-state index < -0.39 is 0 Å². The SMILES string of the molecule is N#Cc1sc2cc(CCl)ccc2c1N. The molecule has 70 valence electrons. The molecule has 2 nitrogen and oxygen atoms in total. The van der Waals surface area contributed by atoms with Crippen LogP contribution in [0.15, 0.2) is 18.2 Å². The van der Waals surface area contributed by atoms with Crippen LogP contribution in [0.5, 0.6) is 0 Å². The number of fused-ring (bicyclic) bond motifs is 1. The molecular formula is C10H7ClN2S. The van der Waals surface area contributed by atoms with E-state index in [-0.39, 0.29) is 0 Å². The lowest BCUT2D eigenvalue weighted by atomic mass is 10.2. The van der Waals surface area contributed by atoms with Gasteiger partial charge in [0.1, 0.15) is 10.9 Å². The summed E-state index contributed by atoms with van der Waals surface area (Å²) in [5.74, 6) is 0.482. The van der Waals surface area contributed by atoms with Crippen LogP contribution < -0.4 is 5.73 Å². The van der Waals surface area contributed by atoms with Crippen molar-refractivity contribution in [2.45, 2.75) is 5.88 Å². The van der Waals surface area contributed by atoms with E-state index in [1.165, 1.54) is 11.3 Å². The molecule has 1 aromatic carbocycles. The molecule has 2 rings (SSSR count). The van der Waals surface area contributed by atoms with E-state index in [0.717, 1.165) is 15.6 Å². The standard InChI is InChI=1S/C10H7ClN2S/c11-4-6-1-2-7-8(3-6)14-9(5-12)10(7)13/h1-3H,4,13H2.